The Morgan fingerprint density at radius 3 is 2.00 bits per heavy atom. The second-order valence-electron chi connectivity index (χ2n) is 9.65. The molecule has 9 heteroatoms. The van der Waals surface area contributed by atoms with Crippen LogP contribution >= 0.6 is 7.60 Å². The molecule has 0 aliphatic heterocycles. The highest BCUT2D eigenvalue weighted by Crippen LogP contribution is 2.35. The number of esters is 1. The van der Waals surface area contributed by atoms with Gasteiger partial charge in [-0.3, -0.25) is 4.57 Å². The van der Waals surface area contributed by atoms with Crippen LogP contribution < -0.4 is 5.32 Å². The zero-order valence-corrected chi connectivity index (χ0v) is 22.6. The molecule has 3 aromatic rings. The number of rotatable bonds is 12. The van der Waals surface area contributed by atoms with E-state index in [-0.39, 0.29) is 25.5 Å². The molecular weight excluding hydrogens is 503 g/mol. The summed E-state index contributed by atoms with van der Waals surface area (Å²) in [7, 11) is -4.52. The molecule has 3 aromatic carbocycles. The van der Waals surface area contributed by atoms with Crippen molar-refractivity contribution in [3.8, 4) is 0 Å². The van der Waals surface area contributed by atoms with Gasteiger partial charge in [-0.2, -0.15) is 0 Å². The Morgan fingerprint density at radius 2 is 1.42 bits per heavy atom. The lowest BCUT2D eigenvalue weighted by Gasteiger charge is -2.27. The first kappa shape index (κ1) is 29.1. The number of hydrogen-bond donors (Lipinski definition) is 3. The molecule has 0 unspecified atom stereocenters. The van der Waals surface area contributed by atoms with E-state index in [2.05, 4.69) is 5.32 Å². The summed E-state index contributed by atoms with van der Waals surface area (Å²) in [6.45, 7) is 3.83. The third-order valence-electron chi connectivity index (χ3n) is 5.81. The monoisotopic (exact) mass is 538 g/mol. The van der Waals surface area contributed by atoms with Crippen LogP contribution in [0, 0.1) is 5.92 Å². The number of urea groups is 1. The van der Waals surface area contributed by atoms with Crippen LogP contribution in [0.5, 0.6) is 0 Å². The summed E-state index contributed by atoms with van der Waals surface area (Å²) in [5.41, 5.74) is 3.78. The Bertz CT molecular complexity index is 1230. The van der Waals surface area contributed by atoms with Crippen molar-refractivity contribution in [3.05, 3.63) is 107 Å². The molecule has 3 rings (SSSR count). The van der Waals surface area contributed by atoms with Crippen LogP contribution in [-0.2, 0) is 33.5 Å². The van der Waals surface area contributed by atoms with Crippen molar-refractivity contribution in [1.82, 2.24) is 10.2 Å². The molecule has 8 nitrogen and oxygen atoms in total. The highest BCUT2D eigenvalue weighted by Gasteiger charge is 2.29. The average Bonchev–Trinajstić information content (AvgIpc) is 2.87. The first-order valence-electron chi connectivity index (χ1n) is 12.5. The molecule has 1 atom stereocenters. The number of carbonyl (C=O) groups is 2. The summed E-state index contributed by atoms with van der Waals surface area (Å²) in [5, 5.41) is 2.69. The molecule has 0 heterocycles. The molecule has 38 heavy (non-hydrogen) atoms. The maximum atomic E-state index is 13.2. The van der Waals surface area contributed by atoms with Crippen LogP contribution in [0.25, 0.3) is 0 Å². The SMILES string of the molecule is CC(C)CN(CP(=O)(O)O)C(=O)N[C@@H](Cc1ccccc1Cc1ccccc1)C(=O)OCc1ccccc1. The molecule has 0 radical (unpaired) electrons. The lowest BCUT2D eigenvalue weighted by Crippen LogP contribution is -2.50. The highest BCUT2D eigenvalue weighted by atomic mass is 31.2. The van der Waals surface area contributed by atoms with Gasteiger partial charge < -0.3 is 24.7 Å². The predicted molar refractivity (Wildman–Crippen MR) is 146 cm³/mol. The molecule has 0 fully saturated rings. The van der Waals surface area contributed by atoms with Gasteiger partial charge in [0.25, 0.3) is 0 Å². The largest absolute Gasteiger partial charge is 0.459 e. The van der Waals surface area contributed by atoms with Gasteiger partial charge in [0.15, 0.2) is 0 Å². The van der Waals surface area contributed by atoms with E-state index in [9.17, 15) is 23.9 Å². The van der Waals surface area contributed by atoms with Crippen LogP contribution in [0.3, 0.4) is 0 Å². The number of carbonyl (C=O) groups excluding carboxylic acids is 2. The molecular formula is C29H35N2O6P. The first-order chi connectivity index (χ1) is 18.1. The summed E-state index contributed by atoms with van der Waals surface area (Å²) >= 11 is 0. The summed E-state index contributed by atoms with van der Waals surface area (Å²) in [6, 6.07) is 25.0. The topological polar surface area (TPSA) is 116 Å². The van der Waals surface area contributed by atoms with Gasteiger partial charge in [-0.15, -0.1) is 0 Å². The average molecular weight is 539 g/mol. The second-order valence-corrected chi connectivity index (χ2v) is 11.3. The quantitative estimate of drug-likeness (QED) is 0.227. The molecule has 0 aliphatic carbocycles. The Balaban J connectivity index is 1.84. The van der Waals surface area contributed by atoms with Gasteiger partial charge in [0.2, 0.25) is 0 Å². The van der Waals surface area contributed by atoms with Gasteiger partial charge >= 0.3 is 19.6 Å². The van der Waals surface area contributed by atoms with Gasteiger partial charge in [0.1, 0.15) is 18.9 Å². The van der Waals surface area contributed by atoms with Gasteiger partial charge in [0.05, 0.1) is 0 Å². The van der Waals surface area contributed by atoms with Gasteiger partial charge in [-0.05, 0) is 34.6 Å². The van der Waals surface area contributed by atoms with Crippen LogP contribution in [0.4, 0.5) is 4.79 Å². The maximum Gasteiger partial charge on any atom is 0.344 e. The second kappa shape index (κ2) is 13.9. The third-order valence-corrected chi connectivity index (χ3v) is 6.52. The van der Waals surface area contributed by atoms with Crippen molar-refractivity contribution in [1.29, 1.82) is 0 Å². The Kier molecular flexibility index (Phi) is 10.7. The van der Waals surface area contributed by atoms with E-state index >= 15 is 0 Å². The minimum Gasteiger partial charge on any atom is -0.459 e. The van der Waals surface area contributed by atoms with Crippen molar-refractivity contribution in [2.45, 2.75) is 39.3 Å². The molecule has 0 spiro atoms. The van der Waals surface area contributed by atoms with Gasteiger partial charge in [-0.25, -0.2) is 9.59 Å². The number of nitrogens with one attached hydrogen (secondary N) is 1. The zero-order chi connectivity index (χ0) is 27.5. The molecule has 0 bridgehead atoms. The fourth-order valence-corrected chi connectivity index (χ4v) is 4.78. The van der Waals surface area contributed by atoms with E-state index in [1.54, 1.807) is 0 Å². The molecule has 0 saturated carbocycles. The summed E-state index contributed by atoms with van der Waals surface area (Å²) in [5.74, 6) is -0.667. The van der Waals surface area contributed by atoms with E-state index < -0.39 is 31.9 Å². The lowest BCUT2D eigenvalue weighted by molar-refractivity contribution is -0.147. The number of hydrogen-bond acceptors (Lipinski definition) is 4. The number of ether oxygens (including phenoxy) is 1. The summed E-state index contributed by atoms with van der Waals surface area (Å²) in [4.78, 5) is 46.5. The summed E-state index contributed by atoms with van der Waals surface area (Å²) in [6.07, 6.45) is 0.0651. The van der Waals surface area contributed by atoms with Crippen LogP contribution in [0.2, 0.25) is 0 Å². The smallest absolute Gasteiger partial charge is 0.344 e. The highest BCUT2D eigenvalue weighted by molar-refractivity contribution is 7.51. The third kappa shape index (κ3) is 9.78. The standard InChI is InChI=1S/C29H35N2O6P/c1-22(2)19-31(21-38(34,35)36)29(33)30-27(28(32)37-20-24-13-7-4-8-14-24)18-26-16-10-9-15-25(26)17-23-11-5-3-6-12-23/h3-16,22,27H,17-21H2,1-2H3,(H,30,33)(H2,34,35,36)/t27-/m0/s1. The molecule has 0 saturated heterocycles. The van der Waals surface area contributed by atoms with Crippen LogP contribution in [-0.4, -0.2) is 45.6 Å². The van der Waals surface area contributed by atoms with Crippen molar-refractivity contribution >= 4 is 19.6 Å². The minimum atomic E-state index is -4.52. The normalized spacial score (nSPS) is 12.1. The van der Waals surface area contributed by atoms with Crippen molar-refractivity contribution in [3.63, 3.8) is 0 Å². The van der Waals surface area contributed by atoms with E-state index in [4.69, 9.17) is 4.74 Å². The van der Waals surface area contributed by atoms with Crippen LogP contribution in [0.1, 0.15) is 36.1 Å². The van der Waals surface area contributed by atoms with Gasteiger partial charge in [-0.1, -0.05) is 98.8 Å². The number of nitrogens with zero attached hydrogens (tertiary/aromatic N) is 1. The predicted octanol–water partition coefficient (Wildman–Crippen LogP) is 4.73. The van der Waals surface area contributed by atoms with E-state index in [1.807, 2.05) is 98.8 Å². The first-order valence-corrected chi connectivity index (χ1v) is 14.3. The number of amides is 2. The Labute approximate surface area is 223 Å². The maximum absolute atomic E-state index is 13.2. The van der Waals surface area contributed by atoms with Crippen molar-refractivity contribution in [2.24, 2.45) is 5.92 Å². The molecule has 2 amide bonds. The van der Waals surface area contributed by atoms with E-state index in [0.717, 1.165) is 27.2 Å². The molecule has 202 valence electrons. The van der Waals surface area contributed by atoms with Crippen molar-refractivity contribution < 1.29 is 28.7 Å². The fourth-order valence-electron chi connectivity index (χ4n) is 4.10. The Hall–Kier alpha value is -3.45. The Morgan fingerprint density at radius 1 is 0.868 bits per heavy atom. The van der Waals surface area contributed by atoms with Crippen molar-refractivity contribution in [2.75, 3.05) is 12.8 Å². The zero-order valence-electron chi connectivity index (χ0n) is 21.7. The van der Waals surface area contributed by atoms with E-state index in [0.29, 0.717) is 6.42 Å². The lowest BCUT2D eigenvalue weighted by atomic mass is 9.95. The minimum absolute atomic E-state index is 0.0376. The van der Waals surface area contributed by atoms with Crippen LogP contribution in [0.15, 0.2) is 84.9 Å². The molecule has 0 aromatic heterocycles. The summed E-state index contributed by atoms with van der Waals surface area (Å²) < 4.78 is 17.3. The van der Waals surface area contributed by atoms with E-state index in [1.165, 1.54) is 0 Å². The number of benzene rings is 3. The molecule has 3 N–H and O–H groups in total. The molecule has 0 aliphatic rings. The van der Waals surface area contributed by atoms with Gasteiger partial charge in [0, 0.05) is 13.0 Å². The fraction of sp³-hybridized carbons (Fsp3) is 0.310.